The number of aromatic nitrogens is 2. The van der Waals surface area contributed by atoms with Gasteiger partial charge in [0.1, 0.15) is 0 Å². The third kappa shape index (κ3) is 2.53. The molecule has 7 heteroatoms. The number of H-pyrrole nitrogens is 1. The fraction of sp³-hybridized carbons (Fsp3) is 0. The third-order valence-corrected chi connectivity index (χ3v) is 3.12. The van der Waals surface area contributed by atoms with Gasteiger partial charge < -0.3 is 10.5 Å². The van der Waals surface area contributed by atoms with Crippen LogP contribution in [0.5, 0.6) is 11.8 Å². The van der Waals surface area contributed by atoms with Crippen LogP contribution in [-0.4, -0.2) is 9.97 Å². The van der Waals surface area contributed by atoms with Gasteiger partial charge in [0.05, 0.1) is 15.9 Å². The van der Waals surface area contributed by atoms with Crippen molar-refractivity contribution in [2.45, 2.75) is 0 Å². The first-order valence-electron chi connectivity index (χ1n) is 5.96. The maximum Gasteiger partial charge on any atom is 0.302 e. The molecule has 3 N–H and O–H groups in total. The Morgan fingerprint density at radius 3 is 2.90 bits per heavy atom. The predicted molar refractivity (Wildman–Crippen MR) is 78.3 cm³/mol. The highest BCUT2D eigenvalue weighted by molar-refractivity contribution is 6.30. The first-order chi connectivity index (χ1) is 10.0. The highest BCUT2D eigenvalue weighted by Crippen LogP contribution is 2.27. The van der Waals surface area contributed by atoms with E-state index in [1.165, 1.54) is 24.3 Å². The van der Waals surface area contributed by atoms with Crippen molar-refractivity contribution >= 4 is 28.2 Å². The fourth-order valence-corrected chi connectivity index (χ4v) is 2.02. The molecule has 1 heterocycles. The van der Waals surface area contributed by atoms with Crippen LogP contribution in [0, 0.1) is 5.82 Å². The minimum Gasteiger partial charge on any atom is -0.422 e. The normalized spacial score (nSPS) is 10.8. The van der Waals surface area contributed by atoms with Crippen molar-refractivity contribution in [1.82, 2.24) is 9.97 Å². The van der Waals surface area contributed by atoms with E-state index in [1.54, 1.807) is 12.1 Å². The summed E-state index contributed by atoms with van der Waals surface area (Å²) in [6.45, 7) is 0. The lowest BCUT2D eigenvalue weighted by Gasteiger charge is -2.07. The van der Waals surface area contributed by atoms with Crippen molar-refractivity contribution in [3.63, 3.8) is 0 Å². The Morgan fingerprint density at radius 2 is 2.10 bits per heavy atom. The standard InChI is InChI=1S/C14H9ClFN3O2/c15-9-2-1-3-11(12(9)16)21-14-18-10-5-4-7(17)6-8(10)13(20)19-14/h1-6H,17H2,(H,18,19,20). The van der Waals surface area contributed by atoms with Gasteiger partial charge in [-0.1, -0.05) is 17.7 Å². The molecule has 5 nitrogen and oxygen atoms in total. The molecule has 0 spiro atoms. The maximum absolute atomic E-state index is 13.8. The lowest BCUT2D eigenvalue weighted by Crippen LogP contribution is -2.10. The molecule has 0 amide bonds. The number of nitrogens with two attached hydrogens (primary N) is 1. The Kier molecular flexibility index (Phi) is 3.23. The van der Waals surface area contributed by atoms with Gasteiger partial charge in [-0.25, -0.2) is 4.39 Å². The van der Waals surface area contributed by atoms with E-state index in [0.29, 0.717) is 16.6 Å². The molecular formula is C14H9ClFN3O2. The topological polar surface area (TPSA) is 81.0 Å². The Hall–Kier alpha value is -2.60. The molecule has 0 aliphatic rings. The zero-order valence-corrected chi connectivity index (χ0v) is 11.3. The van der Waals surface area contributed by atoms with Gasteiger partial charge in [0, 0.05) is 5.69 Å². The average molecular weight is 306 g/mol. The van der Waals surface area contributed by atoms with Crippen molar-refractivity contribution in [3.8, 4) is 11.8 Å². The van der Waals surface area contributed by atoms with E-state index in [9.17, 15) is 9.18 Å². The van der Waals surface area contributed by atoms with Crippen molar-refractivity contribution in [1.29, 1.82) is 0 Å². The van der Waals surface area contributed by atoms with Crippen LogP contribution in [0.15, 0.2) is 41.2 Å². The van der Waals surface area contributed by atoms with Crippen LogP contribution in [-0.2, 0) is 0 Å². The quantitative estimate of drug-likeness (QED) is 0.713. The Labute approximate surface area is 123 Å². The van der Waals surface area contributed by atoms with E-state index in [1.807, 2.05) is 0 Å². The van der Waals surface area contributed by atoms with Gasteiger partial charge in [0.25, 0.3) is 5.56 Å². The molecule has 2 aromatic carbocycles. The summed E-state index contributed by atoms with van der Waals surface area (Å²) in [7, 11) is 0. The highest BCUT2D eigenvalue weighted by atomic mass is 35.5. The van der Waals surface area contributed by atoms with Gasteiger partial charge >= 0.3 is 6.01 Å². The van der Waals surface area contributed by atoms with E-state index in [4.69, 9.17) is 22.1 Å². The Balaban J connectivity index is 2.08. The van der Waals surface area contributed by atoms with Crippen molar-refractivity contribution in [3.05, 3.63) is 57.6 Å². The Morgan fingerprint density at radius 1 is 1.29 bits per heavy atom. The second-order valence-corrected chi connectivity index (χ2v) is 4.71. The molecule has 0 radical (unpaired) electrons. The average Bonchev–Trinajstić information content (AvgIpc) is 2.45. The van der Waals surface area contributed by atoms with Gasteiger partial charge in [-0.2, -0.15) is 4.98 Å². The number of nitrogens with one attached hydrogen (secondary N) is 1. The smallest absolute Gasteiger partial charge is 0.302 e. The first kappa shape index (κ1) is 13.4. The van der Waals surface area contributed by atoms with Crippen LogP contribution in [0.25, 0.3) is 10.9 Å². The van der Waals surface area contributed by atoms with Crippen LogP contribution in [0.3, 0.4) is 0 Å². The zero-order valence-electron chi connectivity index (χ0n) is 10.6. The monoisotopic (exact) mass is 305 g/mol. The highest BCUT2D eigenvalue weighted by Gasteiger charge is 2.11. The molecule has 0 atom stereocenters. The number of fused-ring (bicyclic) bond motifs is 1. The molecule has 3 rings (SSSR count). The second kappa shape index (κ2) is 5.06. The van der Waals surface area contributed by atoms with Gasteiger partial charge in [-0.05, 0) is 30.3 Å². The number of halogens is 2. The number of ether oxygens (including phenoxy) is 1. The summed E-state index contributed by atoms with van der Waals surface area (Å²) >= 11 is 5.66. The van der Waals surface area contributed by atoms with E-state index in [0.717, 1.165) is 0 Å². The second-order valence-electron chi connectivity index (χ2n) is 4.30. The number of hydrogen-bond donors (Lipinski definition) is 2. The summed E-state index contributed by atoms with van der Waals surface area (Å²) in [6.07, 6.45) is 0. The van der Waals surface area contributed by atoms with E-state index in [2.05, 4.69) is 9.97 Å². The minimum atomic E-state index is -0.723. The number of benzene rings is 2. The lowest BCUT2D eigenvalue weighted by molar-refractivity contribution is 0.412. The number of anilines is 1. The summed E-state index contributed by atoms with van der Waals surface area (Å²) in [4.78, 5) is 18.5. The number of nitrogens with zero attached hydrogens (tertiary/aromatic N) is 1. The number of hydrogen-bond acceptors (Lipinski definition) is 4. The van der Waals surface area contributed by atoms with Gasteiger partial charge in [0.2, 0.25) is 0 Å². The Bertz CT molecular complexity index is 895. The van der Waals surface area contributed by atoms with E-state index >= 15 is 0 Å². The predicted octanol–water partition coefficient (Wildman–Crippen LogP) is 3.09. The molecule has 106 valence electrons. The largest absolute Gasteiger partial charge is 0.422 e. The SMILES string of the molecule is Nc1ccc2nc(Oc3cccc(Cl)c3F)[nH]c(=O)c2c1. The van der Waals surface area contributed by atoms with Crippen LogP contribution >= 0.6 is 11.6 Å². The van der Waals surface area contributed by atoms with Gasteiger partial charge in [-0.3, -0.25) is 9.78 Å². The third-order valence-electron chi connectivity index (χ3n) is 2.83. The minimum absolute atomic E-state index is 0.0802. The summed E-state index contributed by atoms with van der Waals surface area (Å²) < 4.78 is 19.0. The molecule has 1 aromatic heterocycles. The number of rotatable bonds is 2. The molecule has 21 heavy (non-hydrogen) atoms. The molecular weight excluding hydrogens is 297 g/mol. The van der Waals surface area contributed by atoms with Crippen molar-refractivity contribution in [2.75, 3.05) is 5.73 Å². The summed E-state index contributed by atoms with van der Waals surface area (Å²) in [6, 6.07) is 8.88. The van der Waals surface area contributed by atoms with E-state index < -0.39 is 11.4 Å². The maximum atomic E-state index is 13.8. The molecule has 0 aliphatic heterocycles. The lowest BCUT2D eigenvalue weighted by atomic mass is 10.2. The zero-order chi connectivity index (χ0) is 15.0. The molecule has 0 bridgehead atoms. The molecule has 3 aromatic rings. The fourth-order valence-electron chi connectivity index (χ4n) is 1.85. The van der Waals surface area contributed by atoms with Crippen LogP contribution in [0.2, 0.25) is 5.02 Å². The first-order valence-corrected chi connectivity index (χ1v) is 6.34. The van der Waals surface area contributed by atoms with Crippen LogP contribution in [0.1, 0.15) is 0 Å². The molecule has 0 fully saturated rings. The van der Waals surface area contributed by atoms with Crippen molar-refractivity contribution in [2.24, 2.45) is 0 Å². The molecule has 0 saturated carbocycles. The summed E-state index contributed by atoms with van der Waals surface area (Å²) in [5, 5.41) is 0.248. The number of aromatic amines is 1. The summed E-state index contributed by atoms with van der Waals surface area (Å²) in [5.74, 6) is -0.848. The van der Waals surface area contributed by atoms with Crippen LogP contribution in [0.4, 0.5) is 10.1 Å². The van der Waals surface area contributed by atoms with Crippen LogP contribution < -0.4 is 16.0 Å². The van der Waals surface area contributed by atoms with Gasteiger partial charge in [-0.15, -0.1) is 0 Å². The molecule has 0 aliphatic carbocycles. The number of nitrogen functional groups attached to an aromatic ring is 1. The van der Waals surface area contributed by atoms with Crippen molar-refractivity contribution < 1.29 is 9.13 Å². The van der Waals surface area contributed by atoms with Gasteiger partial charge in [0.15, 0.2) is 11.6 Å². The molecule has 0 saturated heterocycles. The molecule has 0 unspecified atom stereocenters. The van der Waals surface area contributed by atoms with E-state index in [-0.39, 0.29) is 16.8 Å². The summed E-state index contributed by atoms with van der Waals surface area (Å²) in [5.41, 5.74) is 6.03.